The highest BCUT2D eigenvalue weighted by molar-refractivity contribution is 14.0. The molecule has 0 saturated carbocycles. The molecular weight excluding hydrogens is 420 g/mol. The zero-order valence-corrected chi connectivity index (χ0v) is 16.2. The highest BCUT2D eigenvalue weighted by Gasteiger charge is 2.06. The largest absolute Gasteiger partial charge is 0.489 e. The maximum Gasteiger partial charge on any atom is 0.191 e. The lowest BCUT2D eigenvalue weighted by atomic mass is 10.2. The van der Waals surface area contributed by atoms with E-state index in [9.17, 15) is 4.39 Å². The lowest BCUT2D eigenvalue weighted by Gasteiger charge is -2.17. The molecule has 4 nitrogen and oxygen atoms in total. The third-order valence-corrected chi connectivity index (χ3v) is 3.27. The fraction of sp³-hybridized carbons (Fsp3) is 0.278. The fourth-order valence-corrected chi connectivity index (χ4v) is 2.05. The number of halogens is 2. The molecule has 0 aliphatic rings. The Hall–Kier alpha value is -1.83. The molecule has 0 radical (unpaired) electrons. The number of hydrogen-bond acceptors (Lipinski definition) is 2. The molecule has 0 aliphatic carbocycles. The van der Waals surface area contributed by atoms with E-state index in [1.165, 1.54) is 6.07 Å². The molecule has 0 aromatic heterocycles. The van der Waals surface area contributed by atoms with Gasteiger partial charge < -0.3 is 15.4 Å². The van der Waals surface area contributed by atoms with Crippen molar-refractivity contribution in [2.75, 3.05) is 13.6 Å². The van der Waals surface area contributed by atoms with Crippen LogP contribution in [0.25, 0.3) is 0 Å². The molecule has 0 saturated heterocycles. The average molecular weight is 443 g/mol. The van der Waals surface area contributed by atoms with Gasteiger partial charge in [-0.2, -0.15) is 0 Å². The van der Waals surface area contributed by atoms with Crippen molar-refractivity contribution in [2.45, 2.75) is 19.6 Å². The van der Waals surface area contributed by atoms with Gasteiger partial charge >= 0.3 is 0 Å². The number of hydrogen-bond donors (Lipinski definition) is 2. The lowest BCUT2D eigenvalue weighted by Crippen LogP contribution is -2.41. The van der Waals surface area contributed by atoms with Gasteiger partial charge in [-0.05, 0) is 25.1 Å². The summed E-state index contributed by atoms with van der Waals surface area (Å²) >= 11 is 0. The molecule has 24 heavy (non-hydrogen) atoms. The first-order valence-corrected chi connectivity index (χ1v) is 7.58. The summed E-state index contributed by atoms with van der Waals surface area (Å²) in [6.45, 7) is 2.94. The fourth-order valence-electron chi connectivity index (χ4n) is 2.05. The van der Waals surface area contributed by atoms with Crippen molar-refractivity contribution >= 4 is 29.9 Å². The van der Waals surface area contributed by atoms with Crippen LogP contribution in [0.1, 0.15) is 12.5 Å². The standard InChI is InChI=1S/C18H22FN3O.HI/c1-14(23-16-9-4-3-5-10-16)12-21-18(20-2)22-13-15-8-6-7-11-17(15)19;/h3-11,14H,12-13H2,1-2H3,(H2,20,21,22);1H. The van der Waals surface area contributed by atoms with Crippen LogP contribution in [0.2, 0.25) is 0 Å². The molecule has 6 heteroatoms. The molecule has 0 amide bonds. The minimum atomic E-state index is -0.226. The van der Waals surface area contributed by atoms with Crippen LogP contribution in [0.3, 0.4) is 0 Å². The molecule has 2 aromatic carbocycles. The summed E-state index contributed by atoms with van der Waals surface area (Å²) in [5.74, 6) is 1.21. The second kappa shape index (κ2) is 10.9. The predicted octanol–water partition coefficient (Wildman–Crippen LogP) is 3.58. The van der Waals surface area contributed by atoms with Crippen molar-refractivity contribution in [3.8, 4) is 5.75 Å². The molecule has 0 fully saturated rings. The summed E-state index contributed by atoms with van der Waals surface area (Å²) in [6.07, 6.45) is -0.0237. The summed E-state index contributed by atoms with van der Waals surface area (Å²) in [5, 5.41) is 6.26. The number of aliphatic imine (C=N–C) groups is 1. The van der Waals surface area contributed by atoms with E-state index in [1.807, 2.05) is 43.3 Å². The number of guanidine groups is 1. The Labute approximate surface area is 159 Å². The highest BCUT2D eigenvalue weighted by Crippen LogP contribution is 2.10. The Balaban J connectivity index is 0.00000288. The van der Waals surface area contributed by atoms with Gasteiger partial charge in [-0.3, -0.25) is 4.99 Å². The van der Waals surface area contributed by atoms with E-state index in [2.05, 4.69) is 15.6 Å². The van der Waals surface area contributed by atoms with Gasteiger partial charge in [0.15, 0.2) is 5.96 Å². The third kappa shape index (κ3) is 6.74. The van der Waals surface area contributed by atoms with E-state index >= 15 is 0 Å². The summed E-state index contributed by atoms with van der Waals surface area (Å²) in [7, 11) is 1.68. The van der Waals surface area contributed by atoms with Crippen LogP contribution in [-0.4, -0.2) is 25.7 Å². The van der Waals surface area contributed by atoms with Crippen molar-refractivity contribution in [3.05, 3.63) is 66.0 Å². The molecular formula is C18H23FIN3O. The van der Waals surface area contributed by atoms with E-state index < -0.39 is 0 Å². The smallest absolute Gasteiger partial charge is 0.191 e. The predicted molar refractivity (Wildman–Crippen MR) is 107 cm³/mol. The number of benzene rings is 2. The van der Waals surface area contributed by atoms with E-state index in [1.54, 1.807) is 19.2 Å². The first-order chi connectivity index (χ1) is 11.2. The van der Waals surface area contributed by atoms with Gasteiger partial charge in [0, 0.05) is 19.2 Å². The van der Waals surface area contributed by atoms with Crippen LogP contribution in [0.15, 0.2) is 59.6 Å². The van der Waals surface area contributed by atoms with Crippen LogP contribution in [0, 0.1) is 5.82 Å². The van der Waals surface area contributed by atoms with E-state index in [4.69, 9.17) is 4.74 Å². The Kier molecular flexibility index (Phi) is 9.14. The third-order valence-electron chi connectivity index (χ3n) is 3.27. The van der Waals surface area contributed by atoms with Crippen LogP contribution in [0.5, 0.6) is 5.75 Å². The topological polar surface area (TPSA) is 45.7 Å². The molecule has 0 heterocycles. The molecule has 2 N–H and O–H groups in total. The normalized spacial score (nSPS) is 12.0. The van der Waals surface area contributed by atoms with Gasteiger partial charge in [0.1, 0.15) is 17.7 Å². The van der Waals surface area contributed by atoms with Crippen molar-refractivity contribution < 1.29 is 9.13 Å². The second-order valence-electron chi connectivity index (χ2n) is 5.14. The van der Waals surface area contributed by atoms with Crippen LogP contribution < -0.4 is 15.4 Å². The number of rotatable bonds is 6. The summed E-state index contributed by atoms with van der Waals surface area (Å²) in [6, 6.07) is 16.3. The Morgan fingerprint density at radius 3 is 2.42 bits per heavy atom. The molecule has 2 aromatic rings. The van der Waals surface area contributed by atoms with Gasteiger partial charge in [-0.25, -0.2) is 4.39 Å². The SMILES string of the molecule is CN=C(NCc1ccccc1F)NCC(C)Oc1ccccc1.I. The van der Waals surface area contributed by atoms with E-state index in [0.717, 1.165) is 5.75 Å². The molecule has 1 atom stereocenters. The van der Waals surface area contributed by atoms with Gasteiger partial charge in [-0.1, -0.05) is 36.4 Å². The molecule has 1 unspecified atom stereocenters. The monoisotopic (exact) mass is 443 g/mol. The number of para-hydroxylation sites is 1. The van der Waals surface area contributed by atoms with E-state index in [-0.39, 0.29) is 35.9 Å². The summed E-state index contributed by atoms with van der Waals surface area (Å²) < 4.78 is 19.4. The van der Waals surface area contributed by atoms with Crippen molar-refractivity contribution in [3.63, 3.8) is 0 Å². The molecule has 130 valence electrons. The lowest BCUT2D eigenvalue weighted by molar-refractivity contribution is 0.224. The quantitative estimate of drug-likeness (QED) is 0.408. The zero-order valence-electron chi connectivity index (χ0n) is 13.8. The Bertz CT molecular complexity index is 637. The minimum absolute atomic E-state index is 0. The summed E-state index contributed by atoms with van der Waals surface area (Å²) in [5.41, 5.74) is 0.601. The number of nitrogens with zero attached hydrogens (tertiary/aromatic N) is 1. The highest BCUT2D eigenvalue weighted by atomic mass is 127. The molecule has 0 bridgehead atoms. The first kappa shape index (κ1) is 20.2. The van der Waals surface area contributed by atoms with Crippen LogP contribution >= 0.6 is 24.0 Å². The van der Waals surface area contributed by atoms with Gasteiger partial charge in [0.05, 0.1) is 6.54 Å². The number of ether oxygens (including phenoxy) is 1. The summed E-state index contributed by atoms with van der Waals surface area (Å²) in [4.78, 5) is 4.13. The van der Waals surface area contributed by atoms with E-state index in [0.29, 0.717) is 24.6 Å². The maximum absolute atomic E-state index is 13.6. The van der Waals surface area contributed by atoms with Gasteiger partial charge in [0.25, 0.3) is 0 Å². The van der Waals surface area contributed by atoms with Crippen molar-refractivity contribution in [2.24, 2.45) is 4.99 Å². The molecule has 2 rings (SSSR count). The molecule has 0 spiro atoms. The van der Waals surface area contributed by atoms with Crippen molar-refractivity contribution in [1.29, 1.82) is 0 Å². The number of nitrogens with one attached hydrogen (secondary N) is 2. The first-order valence-electron chi connectivity index (χ1n) is 7.58. The average Bonchev–Trinajstić information content (AvgIpc) is 2.57. The zero-order chi connectivity index (χ0) is 16.5. The van der Waals surface area contributed by atoms with Crippen LogP contribution in [-0.2, 0) is 6.54 Å². The van der Waals surface area contributed by atoms with Crippen molar-refractivity contribution in [1.82, 2.24) is 10.6 Å². The van der Waals surface area contributed by atoms with Gasteiger partial charge in [-0.15, -0.1) is 24.0 Å². The van der Waals surface area contributed by atoms with Crippen LogP contribution in [0.4, 0.5) is 4.39 Å². The van der Waals surface area contributed by atoms with Gasteiger partial charge in [0.2, 0.25) is 0 Å². The second-order valence-corrected chi connectivity index (χ2v) is 5.14. The minimum Gasteiger partial charge on any atom is -0.489 e. The Morgan fingerprint density at radius 1 is 1.08 bits per heavy atom. The molecule has 0 aliphatic heterocycles. The Morgan fingerprint density at radius 2 is 1.75 bits per heavy atom. The maximum atomic E-state index is 13.6.